The van der Waals surface area contributed by atoms with E-state index in [0.717, 1.165) is 38.5 Å². The monoisotopic (exact) mass is 408 g/mol. The van der Waals surface area contributed by atoms with E-state index < -0.39 is 0 Å². The third-order valence-electron chi connectivity index (χ3n) is 2.02. The quantitative estimate of drug-likeness (QED) is 0.687. The molecule has 1 aromatic rings. The molecule has 2 nitrogen and oxygen atoms in total. The summed E-state index contributed by atoms with van der Waals surface area (Å²) in [6, 6.07) is 6.15. The van der Waals surface area contributed by atoms with Crippen LogP contribution in [-0.4, -0.2) is 6.54 Å². The Morgan fingerprint density at radius 3 is 2.31 bits per heavy atom. The highest BCUT2D eigenvalue weighted by Crippen LogP contribution is 2.34. The van der Waals surface area contributed by atoms with Gasteiger partial charge in [0.05, 0.1) is 11.8 Å². The van der Waals surface area contributed by atoms with Gasteiger partial charge >= 0.3 is 0 Å². The van der Waals surface area contributed by atoms with Gasteiger partial charge in [-0.05, 0) is 56.8 Å². The van der Waals surface area contributed by atoms with Crippen LogP contribution in [0.3, 0.4) is 0 Å². The number of hydrogen-bond acceptors (Lipinski definition) is 2. The molecule has 0 fully saturated rings. The van der Waals surface area contributed by atoms with Crippen molar-refractivity contribution < 1.29 is 0 Å². The number of nitrogens with zero attached hydrogens (tertiary/aromatic N) is 1. The third kappa shape index (κ3) is 4.44. The number of nitrogens with one attached hydrogen (secondary N) is 1. The second-order valence-corrected chi connectivity index (χ2v) is 5.91. The highest BCUT2D eigenvalue weighted by Gasteiger charge is 2.05. The second-order valence-electron chi connectivity index (χ2n) is 3.29. The number of hydrogen-bond donors (Lipinski definition) is 1. The lowest BCUT2D eigenvalue weighted by atomic mass is 10.2. The third-order valence-corrected chi connectivity index (χ3v) is 3.73. The molecule has 1 rings (SSSR count). The molecule has 0 aliphatic carbocycles. The summed E-state index contributed by atoms with van der Waals surface area (Å²) in [5.74, 6) is 0. The maximum Gasteiger partial charge on any atom is 0.0629 e. The van der Waals surface area contributed by atoms with E-state index in [1.807, 2.05) is 12.1 Å². The number of benzene rings is 1. The van der Waals surface area contributed by atoms with E-state index in [4.69, 9.17) is 5.26 Å². The van der Waals surface area contributed by atoms with Crippen LogP contribution in [-0.2, 0) is 0 Å². The summed E-state index contributed by atoms with van der Waals surface area (Å²) in [7, 11) is 0. The van der Waals surface area contributed by atoms with Gasteiger partial charge in [-0.3, -0.25) is 0 Å². The zero-order valence-corrected chi connectivity index (χ0v) is 13.3. The van der Waals surface area contributed by atoms with Crippen molar-refractivity contribution in [2.45, 2.75) is 19.3 Å². The van der Waals surface area contributed by atoms with Gasteiger partial charge in [-0.15, -0.1) is 0 Å². The molecule has 0 saturated heterocycles. The SMILES string of the molecule is N#CCCCCNc1c(Br)cc(Br)cc1Br. The highest BCUT2D eigenvalue weighted by molar-refractivity contribution is 9.11. The van der Waals surface area contributed by atoms with Crippen molar-refractivity contribution in [1.29, 1.82) is 5.26 Å². The first-order valence-corrected chi connectivity index (χ1v) is 7.28. The van der Waals surface area contributed by atoms with E-state index in [9.17, 15) is 0 Å². The fourth-order valence-electron chi connectivity index (χ4n) is 1.25. The molecule has 0 aliphatic heterocycles. The molecule has 86 valence electrons. The minimum Gasteiger partial charge on any atom is -0.383 e. The molecule has 0 radical (unpaired) electrons. The van der Waals surface area contributed by atoms with E-state index >= 15 is 0 Å². The van der Waals surface area contributed by atoms with Crippen LogP contribution < -0.4 is 5.32 Å². The zero-order valence-electron chi connectivity index (χ0n) is 8.56. The minimum absolute atomic E-state index is 0.629. The topological polar surface area (TPSA) is 35.8 Å². The van der Waals surface area contributed by atoms with Crippen molar-refractivity contribution in [3.8, 4) is 6.07 Å². The van der Waals surface area contributed by atoms with Crippen molar-refractivity contribution >= 4 is 53.5 Å². The van der Waals surface area contributed by atoms with Crippen LogP contribution in [0, 0.1) is 11.3 Å². The van der Waals surface area contributed by atoms with Crippen molar-refractivity contribution in [2.24, 2.45) is 0 Å². The van der Waals surface area contributed by atoms with Gasteiger partial charge in [-0.1, -0.05) is 15.9 Å². The lowest BCUT2D eigenvalue weighted by Gasteiger charge is -2.10. The van der Waals surface area contributed by atoms with Gasteiger partial charge < -0.3 is 5.32 Å². The Morgan fingerprint density at radius 1 is 1.12 bits per heavy atom. The van der Waals surface area contributed by atoms with Gasteiger partial charge in [-0.25, -0.2) is 0 Å². The molecule has 1 N–H and O–H groups in total. The Kier molecular flexibility index (Phi) is 6.40. The van der Waals surface area contributed by atoms with Crippen LogP contribution in [0.1, 0.15) is 19.3 Å². The summed E-state index contributed by atoms with van der Waals surface area (Å²) in [5.41, 5.74) is 1.06. The molecular formula is C11H11Br3N2. The van der Waals surface area contributed by atoms with Crippen LogP contribution >= 0.6 is 47.8 Å². The normalized spacial score (nSPS) is 9.88. The lowest BCUT2D eigenvalue weighted by Crippen LogP contribution is -2.02. The van der Waals surface area contributed by atoms with Crippen LogP contribution in [0.25, 0.3) is 0 Å². The van der Waals surface area contributed by atoms with Gasteiger partial charge in [0.15, 0.2) is 0 Å². The predicted octanol–water partition coefficient (Wildman–Crippen LogP) is 5.08. The van der Waals surface area contributed by atoms with E-state index in [0.29, 0.717) is 6.42 Å². The van der Waals surface area contributed by atoms with Gasteiger partial charge in [0.1, 0.15) is 0 Å². The van der Waals surface area contributed by atoms with Crippen molar-refractivity contribution in [3.05, 3.63) is 25.6 Å². The number of anilines is 1. The van der Waals surface area contributed by atoms with Crippen molar-refractivity contribution in [1.82, 2.24) is 0 Å². The Morgan fingerprint density at radius 2 is 1.75 bits per heavy atom. The van der Waals surface area contributed by atoms with Crippen LogP contribution in [0.4, 0.5) is 5.69 Å². The molecule has 0 aromatic heterocycles. The smallest absolute Gasteiger partial charge is 0.0629 e. The van der Waals surface area contributed by atoms with E-state index in [-0.39, 0.29) is 0 Å². The molecule has 0 heterocycles. The fraction of sp³-hybridized carbons (Fsp3) is 0.364. The average molecular weight is 411 g/mol. The van der Waals surface area contributed by atoms with Crippen LogP contribution in [0.5, 0.6) is 0 Å². The first-order chi connectivity index (χ1) is 7.65. The molecule has 0 bridgehead atoms. The summed E-state index contributed by atoms with van der Waals surface area (Å²) < 4.78 is 3.07. The average Bonchev–Trinajstić information content (AvgIpc) is 2.20. The van der Waals surface area contributed by atoms with E-state index in [1.165, 1.54) is 0 Å². The first-order valence-electron chi connectivity index (χ1n) is 4.90. The Balaban J connectivity index is 2.51. The first kappa shape index (κ1) is 14.0. The molecular weight excluding hydrogens is 400 g/mol. The maximum absolute atomic E-state index is 8.41. The Labute approximate surface area is 121 Å². The number of rotatable bonds is 5. The molecule has 0 saturated carbocycles. The lowest BCUT2D eigenvalue weighted by molar-refractivity contribution is 0.784. The summed E-state index contributed by atoms with van der Waals surface area (Å²) in [6.45, 7) is 0.876. The van der Waals surface area contributed by atoms with Crippen LogP contribution in [0.15, 0.2) is 25.6 Å². The number of halogens is 3. The molecule has 1 aromatic carbocycles. The maximum atomic E-state index is 8.41. The molecule has 0 atom stereocenters. The highest BCUT2D eigenvalue weighted by atomic mass is 79.9. The molecule has 0 unspecified atom stereocenters. The molecule has 0 amide bonds. The van der Waals surface area contributed by atoms with Gasteiger partial charge in [0, 0.05) is 26.4 Å². The largest absolute Gasteiger partial charge is 0.383 e. The molecule has 5 heteroatoms. The van der Waals surface area contributed by atoms with E-state index in [1.54, 1.807) is 0 Å². The minimum atomic E-state index is 0.629. The summed E-state index contributed by atoms with van der Waals surface area (Å²) in [4.78, 5) is 0. The van der Waals surface area contributed by atoms with Crippen LogP contribution in [0.2, 0.25) is 0 Å². The standard InChI is InChI=1S/C11H11Br3N2/c12-8-6-9(13)11(10(14)7-8)16-5-3-1-2-4-15/h6-7,16H,1-3,5H2. The van der Waals surface area contributed by atoms with Crippen molar-refractivity contribution in [3.63, 3.8) is 0 Å². The van der Waals surface area contributed by atoms with Gasteiger partial charge in [0.25, 0.3) is 0 Å². The molecule has 0 spiro atoms. The van der Waals surface area contributed by atoms with Gasteiger partial charge in [0.2, 0.25) is 0 Å². The van der Waals surface area contributed by atoms with Crippen molar-refractivity contribution in [2.75, 3.05) is 11.9 Å². The second kappa shape index (κ2) is 7.31. The zero-order chi connectivity index (χ0) is 12.0. The summed E-state index contributed by atoms with van der Waals surface area (Å²) >= 11 is 10.4. The Bertz CT molecular complexity index is 376. The summed E-state index contributed by atoms with van der Waals surface area (Å²) in [6.07, 6.45) is 2.57. The predicted molar refractivity (Wildman–Crippen MR) is 77.5 cm³/mol. The van der Waals surface area contributed by atoms with E-state index in [2.05, 4.69) is 59.2 Å². The van der Waals surface area contributed by atoms with Gasteiger partial charge in [-0.2, -0.15) is 5.26 Å². The Hall–Kier alpha value is -0.0500. The summed E-state index contributed by atoms with van der Waals surface area (Å²) in [5, 5.41) is 11.8. The molecule has 0 aliphatic rings. The molecule has 16 heavy (non-hydrogen) atoms. The number of nitriles is 1. The fourth-order valence-corrected chi connectivity index (χ4v) is 3.79. The number of unbranched alkanes of at least 4 members (excludes halogenated alkanes) is 2.